The number of aromatic nitrogens is 1. The maximum atomic E-state index is 12.1. The fourth-order valence-corrected chi connectivity index (χ4v) is 2.33. The van der Waals surface area contributed by atoms with E-state index in [9.17, 15) is 4.79 Å². The van der Waals surface area contributed by atoms with E-state index in [0.29, 0.717) is 11.6 Å². The highest BCUT2D eigenvalue weighted by Gasteiger charge is 2.19. The molecular weight excluding hydrogens is 296 g/mol. The molecule has 0 bridgehead atoms. The number of carbonyl (C=O) groups excluding carboxylic acids is 1. The summed E-state index contributed by atoms with van der Waals surface area (Å²) in [4.78, 5) is 18.0. The summed E-state index contributed by atoms with van der Waals surface area (Å²) >= 11 is 3.31. The Hall–Kier alpha value is -0.940. The van der Waals surface area contributed by atoms with Crippen LogP contribution in [-0.2, 0) is 4.74 Å². The molecule has 0 radical (unpaired) electrons. The van der Waals surface area contributed by atoms with Crippen molar-refractivity contribution < 1.29 is 9.53 Å². The zero-order valence-corrected chi connectivity index (χ0v) is 12.0. The van der Waals surface area contributed by atoms with Crippen LogP contribution >= 0.6 is 15.9 Å². The number of amides is 1. The molecule has 1 fully saturated rings. The van der Waals surface area contributed by atoms with Crippen LogP contribution in [0.1, 0.15) is 23.3 Å². The Bertz CT molecular complexity index is 402. The summed E-state index contributed by atoms with van der Waals surface area (Å²) in [6.45, 7) is 2.40. The van der Waals surface area contributed by atoms with E-state index >= 15 is 0 Å². The Morgan fingerprint density at radius 3 is 2.83 bits per heavy atom. The topological polar surface area (TPSA) is 42.4 Å². The van der Waals surface area contributed by atoms with Gasteiger partial charge in [-0.05, 0) is 46.8 Å². The molecule has 0 unspecified atom stereocenters. The standard InChI is InChI=1S/C13H17BrN2O2/c1-16(9-10-4-6-18-7-5-10)13(17)12-3-2-11(14)8-15-12/h2-3,8,10H,4-7,9H2,1H3. The fraction of sp³-hybridized carbons (Fsp3) is 0.538. The van der Waals surface area contributed by atoms with Gasteiger partial charge < -0.3 is 9.64 Å². The van der Waals surface area contributed by atoms with Crippen molar-refractivity contribution in [1.29, 1.82) is 0 Å². The highest BCUT2D eigenvalue weighted by Crippen LogP contribution is 2.16. The molecule has 1 amide bonds. The average Bonchev–Trinajstić information content (AvgIpc) is 2.40. The zero-order chi connectivity index (χ0) is 13.0. The van der Waals surface area contributed by atoms with Crippen LogP contribution in [0.3, 0.4) is 0 Å². The lowest BCUT2D eigenvalue weighted by molar-refractivity contribution is 0.0495. The highest BCUT2D eigenvalue weighted by molar-refractivity contribution is 9.10. The number of pyridine rings is 1. The van der Waals surface area contributed by atoms with Crippen LogP contribution in [0.15, 0.2) is 22.8 Å². The Morgan fingerprint density at radius 1 is 1.50 bits per heavy atom. The van der Waals surface area contributed by atoms with Gasteiger partial charge in [-0.3, -0.25) is 4.79 Å². The van der Waals surface area contributed by atoms with Crippen molar-refractivity contribution in [3.63, 3.8) is 0 Å². The average molecular weight is 313 g/mol. The van der Waals surface area contributed by atoms with Crippen molar-refractivity contribution >= 4 is 21.8 Å². The summed E-state index contributed by atoms with van der Waals surface area (Å²) in [5.41, 5.74) is 0.493. The van der Waals surface area contributed by atoms with E-state index in [4.69, 9.17) is 4.74 Å². The minimum Gasteiger partial charge on any atom is -0.381 e. The van der Waals surface area contributed by atoms with E-state index < -0.39 is 0 Å². The molecule has 2 heterocycles. The molecule has 18 heavy (non-hydrogen) atoms. The van der Waals surface area contributed by atoms with E-state index in [2.05, 4.69) is 20.9 Å². The van der Waals surface area contributed by atoms with Gasteiger partial charge >= 0.3 is 0 Å². The first kappa shape index (κ1) is 13.5. The van der Waals surface area contributed by atoms with Gasteiger partial charge in [0, 0.05) is 37.5 Å². The van der Waals surface area contributed by atoms with Gasteiger partial charge in [-0.2, -0.15) is 0 Å². The van der Waals surface area contributed by atoms with E-state index in [1.807, 2.05) is 13.1 Å². The lowest BCUT2D eigenvalue weighted by Gasteiger charge is -2.27. The smallest absolute Gasteiger partial charge is 0.272 e. The summed E-state index contributed by atoms with van der Waals surface area (Å²) in [6.07, 6.45) is 3.71. The van der Waals surface area contributed by atoms with Crippen LogP contribution in [0.5, 0.6) is 0 Å². The molecule has 0 spiro atoms. The predicted octanol–water partition coefficient (Wildman–Crippen LogP) is 2.34. The molecule has 0 aliphatic carbocycles. The molecule has 1 saturated heterocycles. The molecule has 0 atom stereocenters. The minimum absolute atomic E-state index is 0.0195. The van der Waals surface area contributed by atoms with Crippen LogP contribution in [0.25, 0.3) is 0 Å². The fourth-order valence-electron chi connectivity index (χ4n) is 2.10. The van der Waals surface area contributed by atoms with Crippen molar-refractivity contribution in [1.82, 2.24) is 9.88 Å². The minimum atomic E-state index is -0.0195. The van der Waals surface area contributed by atoms with Gasteiger partial charge in [0.15, 0.2) is 0 Å². The van der Waals surface area contributed by atoms with E-state index in [1.165, 1.54) is 0 Å². The second-order valence-electron chi connectivity index (χ2n) is 4.60. The Kier molecular flexibility index (Phi) is 4.72. The van der Waals surface area contributed by atoms with Gasteiger partial charge in [-0.15, -0.1) is 0 Å². The molecule has 2 rings (SSSR count). The number of hydrogen-bond donors (Lipinski definition) is 0. The van der Waals surface area contributed by atoms with Gasteiger partial charge in [-0.25, -0.2) is 4.98 Å². The number of ether oxygens (including phenoxy) is 1. The van der Waals surface area contributed by atoms with Gasteiger partial charge in [0.25, 0.3) is 5.91 Å². The van der Waals surface area contributed by atoms with E-state index in [-0.39, 0.29) is 5.91 Å². The zero-order valence-electron chi connectivity index (χ0n) is 10.4. The third kappa shape index (κ3) is 3.53. The molecule has 1 aromatic rings. The van der Waals surface area contributed by atoms with Crippen molar-refractivity contribution in [3.05, 3.63) is 28.5 Å². The molecule has 0 N–H and O–H groups in total. The Morgan fingerprint density at radius 2 is 2.22 bits per heavy atom. The molecule has 4 nitrogen and oxygen atoms in total. The lowest BCUT2D eigenvalue weighted by atomic mass is 10.00. The Balaban J connectivity index is 1.93. The van der Waals surface area contributed by atoms with Crippen LogP contribution in [-0.4, -0.2) is 42.6 Å². The molecule has 0 saturated carbocycles. The quantitative estimate of drug-likeness (QED) is 0.860. The Labute approximate surface area is 115 Å². The predicted molar refractivity (Wildman–Crippen MR) is 72.4 cm³/mol. The van der Waals surface area contributed by atoms with Gasteiger partial charge in [-0.1, -0.05) is 0 Å². The summed E-state index contributed by atoms with van der Waals surface area (Å²) in [7, 11) is 1.83. The SMILES string of the molecule is CN(CC1CCOCC1)C(=O)c1ccc(Br)cn1. The maximum absolute atomic E-state index is 12.1. The second kappa shape index (κ2) is 6.29. The third-order valence-electron chi connectivity index (χ3n) is 3.17. The first-order valence-electron chi connectivity index (χ1n) is 6.11. The van der Waals surface area contributed by atoms with Gasteiger partial charge in [0.1, 0.15) is 5.69 Å². The van der Waals surface area contributed by atoms with Crippen molar-refractivity contribution in [3.8, 4) is 0 Å². The number of rotatable bonds is 3. The van der Waals surface area contributed by atoms with Crippen LogP contribution in [0, 0.1) is 5.92 Å². The van der Waals surface area contributed by atoms with Crippen LogP contribution < -0.4 is 0 Å². The number of halogens is 1. The molecule has 98 valence electrons. The highest BCUT2D eigenvalue weighted by atomic mass is 79.9. The lowest BCUT2D eigenvalue weighted by Crippen LogP contribution is -2.34. The van der Waals surface area contributed by atoms with Crippen LogP contribution in [0.4, 0.5) is 0 Å². The summed E-state index contributed by atoms with van der Waals surface area (Å²) < 4.78 is 6.20. The van der Waals surface area contributed by atoms with Crippen LogP contribution in [0.2, 0.25) is 0 Å². The van der Waals surface area contributed by atoms with E-state index in [0.717, 1.165) is 37.1 Å². The number of nitrogens with zero attached hydrogens (tertiary/aromatic N) is 2. The molecule has 1 aliphatic heterocycles. The summed E-state index contributed by atoms with van der Waals surface area (Å²) in [6, 6.07) is 3.58. The van der Waals surface area contributed by atoms with Crippen molar-refractivity contribution in [2.24, 2.45) is 5.92 Å². The molecular formula is C13H17BrN2O2. The van der Waals surface area contributed by atoms with Gasteiger partial charge in [0.2, 0.25) is 0 Å². The number of carbonyl (C=O) groups is 1. The molecule has 1 aliphatic rings. The van der Waals surface area contributed by atoms with E-state index in [1.54, 1.807) is 17.2 Å². The molecule has 1 aromatic heterocycles. The molecule has 0 aromatic carbocycles. The maximum Gasteiger partial charge on any atom is 0.272 e. The van der Waals surface area contributed by atoms with Crippen molar-refractivity contribution in [2.75, 3.05) is 26.8 Å². The molecule has 5 heteroatoms. The first-order valence-corrected chi connectivity index (χ1v) is 6.91. The van der Waals surface area contributed by atoms with Crippen molar-refractivity contribution in [2.45, 2.75) is 12.8 Å². The van der Waals surface area contributed by atoms with Gasteiger partial charge in [0.05, 0.1) is 0 Å². The number of hydrogen-bond acceptors (Lipinski definition) is 3. The normalized spacial score (nSPS) is 16.6. The first-order chi connectivity index (χ1) is 8.66. The second-order valence-corrected chi connectivity index (χ2v) is 5.52. The third-order valence-corrected chi connectivity index (χ3v) is 3.64. The summed E-state index contributed by atoms with van der Waals surface area (Å²) in [5, 5.41) is 0. The largest absolute Gasteiger partial charge is 0.381 e. The monoisotopic (exact) mass is 312 g/mol. The summed E-state index contributed by atoms with van der Waals surface area (Å²) in [5.74, 6) is 0.525.